The van der Waals surface area contributed by atoms with E-state index in [9.17, 15) is 4.79 Å². The molecule has 6 nitrogen and oxygen atoms in total. The van der Waals surface area contributed by atoms with E-state index >= 15 is 0 Å². The lowest BCUT2D eigenvalue weighted by Crippen LogP contribution is -2.25. The van der Waals surface area contributed by atoms with Gasteiger partial charge in [-0.3, -0.25) is 4.79 Å². The van der Waals surface area contributed by atoms with E-state index in [4.69, 9.17) is 19.9 Å². The highest BCUT2D eigenvalue weighted by Crippen LogP contribution is 2.25. The number of hydrogen-bond acceptors (Lipinski definition) is 5. The topological polar surface area (TPSA) is 82.8 Å². The molecule has 0 saturated carbocycles. The molecule has 1 aromatic rings. The van der Waals surface area contributed by atoms with Crippen LogP contribution < -0.4 is 15.8 Å². The fraction of sp³-hybridized carbons (Fsp3) is 0.533. The number of benzene rings is 1. The highest BCUT2D eigenvalue weighted by Gasteiger charge is 2.13. The lowest BCUT2D eigenvalue weighted by Gasteiger charge is -2.11. The van der Waals surface area contributed by atoms with Crippen LogP contribution in [0.15, 0.2) is 18.2 Å². The van der Waals surface area contributed by atoms with Crippen LogP contribution in [0.1, 0.15) is 23.2 Å². The lowest BCUT2D eigenvalue weighted by molar-refractivity contribution is 0.0686. The van der Waals surface area contributed by atoms with Gasteiger partial charge in [-0.2, -0.15) is 0 Å². The standard InChI is InChI=1S/C15H24N2O4/c1-19-10-11-21-9-4-3-8-17-15(18)12-6-5-7-13(16)14(12)20-2/h5-7H,3-4,8-11,16H2,1-2H3,(H,17,18). The average Bonchev–Trinajstić information content (AvgIpc) is 2.49. The minimum atomic E-state index is -0.181. The molecular weight excluding hydrogens is 272 g/mol. The molecule has 0 unspecified atom stereocenters. The number of nitrogens with one attached hydrogen (secondary N) is 1. The highest BCUT2D eigenvalue weighted by atomic mass is 16.5. The Bertz CT molecular complexity index is 438. The molecule has 0 bridgehead atoms. The first-order valence-electron chi connectivity index (χ1n) is 6.98. The van der Waals surface area contributed by atoms with Crippen LogP contribution in [0.4, 0.5) is 5.69 Å². The highest BCUT2D eigenvalue weighted by molar-refractivity contribution is 5.98. The van der Waals surface area contributed by atoms with E-state index in [1.54, 1.807) is 25.3 Å². The lowest BCUT2D eigenvalue weighted by atomic mass is 10.1. The number of anilines is 1. The molecule has 0 aliphatic heterocycles. The molecule has 6 heteroatoms. The maximum absolute atomic E-state index is 12.1. The summed E-state index contributed by atoms with van der Waals surface area (Å²) in [5.74, 6) is 0.234. The smallest absolute Gasteiger partial charge is 0.255 e. The van der Waals surface area contributed by atoms with Crippen LogP contribution in [-0.2, 0) is 9.47 Å². The molecule has 1 rings (SSSR count). The first-order valence-corrected chi connectivity index (χ1v) is 6.98. The number of nitrogen functional groups attached to an aromatic ring is 1. The number of rotatable bonds is 10. The number of hydrogen-bond donors (Lipinski definition) is 2. The first kappa shape index (κ1) is 17.3. The summed E-state index contributed by atoms with van der Waals surface area (Å²) in [4.78, 5) is 12.1. The van der Waals surface area contributed by atoms with Gasteiger partial charge in [0.2, 0.25) is 0 Å². The number of unbranched alkanes of at least 4 members (excludes halogenated alkanes) is 1. The molecule has 21 heavy (non-hydrogen) atoms. The molecule has 0 atom stereocenters. The van der Waals surface area contributed by atoms with Crippen LogP contribution in [-0.4, -0.2) is 46.5 Å². The number of para-hydroxylation sites is 1. The Balaban J connectivity index is 2.27. The Morgan fingerprint density at radius 2 is 2.00 bits per heavy atom. The summed E-state index contributed by atoms with van der Waals surface area (Å²) in [5, 5.41) is 2.85. The van der Waals surface area contributed by atoms with Crippen molar-refractivity contribution in [3.05, 3.63) is 23.8 Å². The van der Waals surface area contributed by atoms with Gasteiger partial charge in [0.05, 0.1) is 31.6 Å². The molecule has 3 N–H and O–H groups in total. The fourth-order valence-corrected chi connectivity index (χ4v) is 1.83. The van der Waals surface area contributed by atoms with Crippen molar-refractivity contribution in [1.82, 2.24) is 5.32 Å². The van der Waals surface area contributed by atoms with Gasteiger partial charge in [0.15, 0.2) is 5.75 Å². The first-order chi connectivity index (χ1) is 10.2. The van der Waals surface area contributed by atoms with Gasteiger partial charge in [0.1, 0.15) is 0 Å². The number of amides is 1. The SMILES string of the molecule is COCCOCCCCNC(=O)c1cccc(N)c1OC. The van der Waals surface area contributed by atoms with E-state index in [0.717, 1.165) is 12.8 Å². The van der Waals surface area contributed by atoms with Crippen LogP contribution in [0, 0.1) is 0 Å². The number of carbonyl (C=O) groups excluding carboxylic acids is 1. The van der Waals surface area contributed by atoms with E-state index in [0.29, 0.717) is 43.4 Å². The molecule has 1 aromatic carbocycles. The van der Waals surface area contributed by atoms with Gasteiger partial charge < -0.3 is 25.3 Å². The molecule has 0 radical (unpaired) electrons. The normalized spacial score (nSPS) is 10.4. The Labute approximate surface area is 125 Å². The maximum atomic E-state index is 12.1. The van der Waals surface area contributed by atoms with Gasteiger partial charge >= 0.3 is 0 Å². The molecule has 118 valence electrons. The quantitative estimate of drug-likeness (QED) is 0.504. The van der Waals surface area contributed by atoms with Crippen molar-refractivity contribution < 1.29 is 19.0 Å². The largest absolute Gasteiger partial charge is 0.494 e. The zero-order chi connectivity index (χ0) is 15.5. The fourth-order valence-electron chi connectivity index (χ4n) is 1.83. The summed E-state index contributed by atoms with van der Waals surface area (Å²) in [5.41, 5.74) is 6.68. The van der Waals surface area contributed by atoms with Crippen molar-refractivity contribution in [1.29, 1.82) is 0 Å². The summed E-state index contributed by atoms with van der Waals surface area (Å²) in [6.07, 6.45) is 1.74. The second-order valence-electron chi connectivity index (χ2n) is 4.50. The van der Waals surface area contributed by atoms with Gasteiger partial charge in [0.25, 0.3) is 5.91 Å². The Morgan fingerprint density at radius 1 is 1.19 bits per heavy atom. The molecule has 0 aromatic heterocycles. The van der Waals surface area contributed by atoms with Gasteiger partial charge in [-0.05, 0) is 25.0 Å². The minimum Gasteiger partial charge on any atom is -0.494 e. The summed E-state index contributed by atoms with van der Waals surface area (Å²) in [6.45, 7) is 2.46. The zero-order valence-corrected chi connectivity index (χ0v) is 12.7. The predicted molar refractivity (Wildman–Crippen MR) is 81.7 cm³/mol. The minimum absolute atomic E-state index is 0.181. The summed E-state index contributed by atoms with van der Waals surface area (Å²) in [7, 11) is 3.14. The maximum Gasteiger partial charge on any atom is 0.255 e. The molecule has 0 aliphatic rings. The van der Waals surface area contributed by atoms with Gasteiger partial charge in [-0.15, -0.1) is 0 Å². The molecule has 0 heterocycles. The van der Waals surface area contributed by atoms with E-state index in [1.165, 1.54) is 7.11 Å². The molecule has 0 spiro atoms. The van der Waals surface area contributed by atoms with Crippen LogP contribution in [0.2, 0.25) is 0 Å². The second-order valence-corrected chi connectivity index (χ2v) is 4.50. The van der Waals surface area contributed by atoms with E-state index in [1.807, 2.05) is 0 Å². The van der Waals surface area contributed by atoms with Crippen LogP contribution in [0.3, 0.4) is 0 Å². The third-order valence-electron chi connectivity index (χ3n) is 2.93. The molecule has 0 fully saturated rings. The van der Waals surface area contributed by atoms with E-state index in [-0.39, 0.29) is 5.91 Å². The molecule has 0 saturated heterocycles. The number of ether oxygens (including phenoxy) is 3. The summed E-state index contributed by atoms with van der Waals surface area (Å²) < 4.78 is 15.4. The van der Waals surface area contributed by atoms with Crippen LogP contribution in [0.25, 0.3) is 0 Å². The number of nitrogens with two attached hydrogens (primary N) is 1. The van der Waals surface area contributed by atoms with Gasteiger partial charge in [0, 0.05) is 20.3 Å². The molecule has 0 aliphatic carbocycles. The van der Waals surface area contributed by atoms with Crippen LogP contribution >= 0.6 is 0 Å². The monoisotopic (exact) mass is 296 g/mol. The third-order valence-corrected chi connectivity index (χ3v) is 2.93. The Hall–Kier alpha value is -1.79. The van der Waals surface area contributed by atoms with Gasteiger partial charge in [-0.1, -0.05) is 6.07 Å². The van der Waals surface area contributed by atoms with E-state index in [2.05, 4.69) is 5.32 Å². The Kier molecular flexibility index (Phi) is 8.23. The summed E-state index contributed by atoms with van der Waals surface area (Å²) in [6, 6.07) is 5.13. The van der Waals surface area contributed by atoms with Crippen molar-refractivity contribution in [2.75, 3.05) is 46.3 Å². The van der Waals surface area contributed by atoms with Crippen molar-refractivity contribution in [3.8, 4) is 5.75 Å². The van der Waals surface area contributed by atoms with E-state index < -0.39 is 0 Å². The second kappa shape index (κ2) is 10.0. The van der Waals surface area contributed by atoms with Crippen molar-refractivity contribution in [3.63, 3.8) is 0 Å². The van der Waals surface area contributed by atoms with Crippen molar-refractivity contribution in [2.24, 2.45) is 0 Å². The summed E-state index contributed by atoms with van der Waals surface area (Å²) >= 11 is 0. The third kappa shape index (κ3) is 6.01. The average molecular weight is 296 g/mol. The van der Waals surface area contributed by atoms with Crippen LogP contribution in [0.5, 0.6) is 5.75 Å². The molecule has 1 amide bonds. The molecular formula is C15H24N2O4. The van der Waals surface area contributed by atoms with Gasteiger partial charge in [-0.25, -0.2) is 0 Å². The number of carbonyl (C=O) groups is 1. The predicted octanol–water partition coefficient (Wildman–Crippen LogP) is 1.45. The Morgan fingerprint density at radius 3 is 2.71 bits per heavy atom. The number of methoxy groups -OCH3 is 2. The van der Waals surface area contributed by atoms with Crippen molar-refractivity contribution in [2.45, 2.75) is 12.8 Å². The zero-order valence-electron chi connectivity index (χ0n) is 12.7. The van der Waals surface area contributed by atoms with Crippen molar-refractivity contribution >= 4 is 11.6 Å².